The number of rotatable bonds is 2. The molecule has 1 N–H and O–H groups in total. The van der Waals surface area contributed by atoms with Gasteiger partial charge in [0, 0.05) is 42.8 Å². The van der Waals surface area contributed by atoms with Crippen LogP contribution in [0.5, 0.6) is 0 Å². The lowest BCUT2D eigenvalue weighted by molar-refractivity contribution is 0.487. The summed E-state index contributed by atoms with van der Waals surface area (Å²) in [6.45, 7) is 8.16. The van der Waals surface area contributed by atoms with Crippen molar-refractivity contribution in [3.8, 4) is 0 Å². The third-order valence-corrected chi connectivity index (χ3v) is 4.23. The van der Waals surface area contributed by atoms with Crippen LogP contribution in [-0.2, 0) is 0 Å². The van der Waals surface area contributed by atoms with Crippen molar-refractivity contribution in [2.24, 2.45) is 0 Å². The van der Waals surface area contributed by atoms with Crippen LogP contribution in [0.15, 0.2) is 12.4 Å². The van der Waals surface area contributed by atoms with Crippen LogP contribution in [-0.4, -0.2) is 33.0 Å². The van der Waals surface area contributed by atoms with Crippen molar-refractivity contribution in [1.29, 1.82) is 0 Å². The lowest BCUT2D eigenvalue weighted by Crippen LogP contribution is -2.36. The third kappa shape index (κ3) is 2.40. The molecule has 2 aromatic rings. The molecule has 20 heavy (non-hydrogen) atoms. The first kappa shape index (κ1) is 13.1. The van der Waals surface area contributed by atoms with Crippen molar-refractivity contribution in [3.63, 3.8) is 0 Å². The van der Waals surface area contributed by atoms with Gasteiger partial charge in [0.15, 0.2) is 0 Å². The molecular formula is C15H21N5. The highest BCUT2D eigenvalue weighted by Crippen LogP contribution is 2.27. The number of aromatic nitrogens is 4. The van der Waals surface area contributed by atoms with E-state index < -0.39 is 0 Å². The minimum Gasteiger partial charge on any atom is -0.348 e. The maximum Gasteiger partial charge on any atom is 0.225 e. The van der Waals surface area contributed by atoms with Crippen LogP contribution in [0.3, 0.4) is 0 Å². The minimum atomic E-state index is 0.448. The van der Waals surface area contributed by atoms with E-state index in [1.165, 1.54) is 12.0 Å². The van der Waals surface area contributed by atoms with E-state index in [1.807, 2.05) is 12.4 Å². The van der Waals surface area contributed by atoms with Crippen LogP contribution in [0.1, 0.15) is 41.5 Å². The van der Waals surface area contributed by atoms with Crippen LogP contribution in [0.2, 0.25) is 0 Å². The molecule has 106 valence electrons. The molecule has 0 aromatic carbocycles. The van der Waals surface area contributed by atoms with Gasteiger partial charge in [-0.25, -0.2) is 15.0 Å². The molecule has 1 saturated heterocycles. The number of H-pyrrole nitrogens is 1. The second-order valence-corrected chi connectivity index (χ2v) is 5.58. The van der Waals surface area contributed by atoms with Crippen LogP contribution < -0.4 is 4.90 Å². The monoisotopic (exact) mass is 271 g/mol. The number of hydrogen-bond acceptors (Lipinski definition) is 4. The second-order valence-electron chi connectivity index (χ2n) is 5.58. The number of hydrogen-bond donors (Lipinski definition) is 1. The van der Waals surface area contributed by atoms with Gasteiger partial charge in [0.25, 0.3) is 0 Å². The molecule has 1 atom stereocenters. The van der Waals surface area contributed by atoms with Crippen LogP contribution >= 0.6 is 0 Å². The molecule has 3 heterocycles. The summed E-state index contributed by atoms with van der Waals surface area (Å²) in [7, 11) is 0. The normalized spacial score (nSPS) is 19.4. The highest BCUT2D eigenvalue weighted by Gasteiger charge is 2.25. The van der Waals surface area contributed by atoms with Gasteiger partial charge in [-0.3, -0.25) is 0 Å². The maximum atomic E-state index is 4.66. The molecule has 0 spiro atoms. The predicted molar refractivity (Wildman–Crippen MR) is 79.0 cm³/mol. The Morgan fingerprint density at radius 3 is 2.60 bits per heavy atom. The first-order chi connectivity index (χ1) is 9.65. The molecule has 0 bridgehead atoms. The summed E-state index contributed by atoms with van der Waals surface area (Å²) >= 11 is 0. The quantitative estimate of drug-likeness (QED) is 0.911. The molecule has 3 rings (SSSR count). The van der Waals surface area contributed by atoms with Crippen LogP contribution in [0.25, 0.3) is 0 Å². The molecule has 0 radical (unpaired) electrons. The maximum absolute atomic E-state index is 4.66. The van der Waals surface area contributed by atoms with E-state index in [1.54, 1.807) is 0 Å². The van der Waals surface area contributed by atoms with Crippen LogP contribution in [0.4, 0.5) is 5.95 Å². The van der Waals surface area contributed by atoms with Gasteiger partial charge in [0.05, 0.1) is 0 Å². The minimum absolute atomic E-state index is 0.448. The van der Waals surface area contributed by atoms with Crippen molar-refractivity contribution in [2.45, 2.75) is 39.5 Å². The van der Waals surface area contributed by atoms with E-state index in [2.05, 4.69) is 45.6 Å². The first-order valence-electron chi connectivity index (χ1n) is 7.21. The van der Waals surface area contributed by atoms with Crippen molar-refractivity contribution < 1.29 is 0 Å². The number of aryl methyl sites for hydroxylation is 2. The molecule has 1 fully saturated rings. The molecule has 0 amide bonds. The van der Waals surface area contributed by atoms with Gasteiger partial charge in [-0.15, -0.1) is 0 Å². The van der Waals surface area contributed by atoms with Gasteiger partial charge in [0.1, 0.15) is 5.82 Å². The molecule has 5 heteroatoms. The summed E-state index contributed by atoms with van der Waals surface area (Å²) in [5.41, 5.74) is 3.34. The summed E-state index contributed by atoms with van der Waals surface area (Å²) in [4.78, 5) is 19.2. The molecular weight excluding hydrogens is 250 g/mol. The summed E-state index contributed by atoms with van der Waals surface area (Å²) in [5, 5.41) is 0. The van der Waals surface area contributed by atoms with Gasteiger partial charge >= 0.3 is 0 Å². The van der Waals surface area contributed by atoms with E-state index in [4.69, 9.17) is 0 Å². The summed E-state index contributed by atoms with van der Waals surface area (Å²) in [6, 6.07) is 0. The Hall–Kier alpha value is -1.91. The van der Waals surface area contributed by atoms with E-state index in [0.717, 1.165) is 42.7 Å². The SMILES string of the molecule is Cc1nc(N2CCCC(c3ncc[nH]3)C2)nc(C)c1C. The van der Waals surface area contributed by atoms with Gasteiger partial charge in [-0.2, -0.15) is 0 Å². The molecule has 1 aliphatic rings. The average molecular weight is 271 g/mol. The third-order valence-electron chi connectivity index (χ3n) is 4.23. The Bertz CT molecular complexity index is 567. The van der Waals surface area contributed by atoms with E-state index >= 15 is 0 Å². The number of anilines is 1. The Kier molecular flexibility index (Phi) is 3.42. The molecule has 1 unspecified atom stereocenters. The summed E-state index contributed by atoms with van der Waals surface area (Å²) < 4.78 is 0. The highest BCUT2D eigenvalue weighted by atomic mass is 15.3. The number of imidazole rings is 1. The smallest absolute Gasteiger partial charge is 0.225 e. The highest BCUT2D eigenvalue weighted by molar-refractivity contribution is 5.37. The molecule has 5 nitrogen and oxygen atoms in total. The Balaban J connectivity index is 1.83. The Morgan fingerprint density at radius 1 is 1.20 bits per heavy atom. The summed E-state index contributed by atoms with van der Waals surface area (Å²) in [6.07, 6.45) is 6.05. The van der Waals surface area contributed by atoms with Gasteiger partial charge in [0.2, 0.25) is 5.95 Å². The fraction of sp³-hybridized carbons (Fsp3) is 0.533. The topological polar surface area (TPSA) is 57.7 Å². The number of aromatic amines is 1. The number of piperidine rings is 1. The van der Waals surface area contributed by atoms with Crippen molar-refractivity contribution in [3.05, 3.63) is 35.2 Å². The fourth-order valence-electron chi connectivity index (χ4n) is 2.78. The Morgan fingerprint density at radius 2 is 1.95 bits per heavy atom. The van der Waals surface area contributed by atoms with Crippen LogP contribution in [0, 0.1) is 20.8 Å². The molecule has 1 aliphatic heterocycles. The van der Waals surface area contributed by atoms with Gasteiger partial charge < -0.3 is 9.88 Å². The van der Waals surface area contributed by atoms with E-state index in [-0.39, 0.29) is 0 Å². The number of nitrogens with zero attached hydrogens (tertiary/aromatic N) is 4. The van der Waals surface area contributed by atoms with E-state index in [0.29, 0.717) is 5.92 Å². The number of nitrogens with one attached hydrogen (secondary N) is 1. The fourth-order valence-corrected chi connectivity index (χ4v) is 2.78. The van der Waals surface area contributed by atoms with Gasteiger partial charge in [-0.05, 0) is 39.2 Å². The Labute approximate surface area is 119 Å². The summed E-state index contributed by atoms with van der Waals surface area (Å²) in [5.74, 6) is 2.39. The van der Waals surface area contributed by atoms with Crippen molar-refractivity contribution in [2.75, 3.05) is 18.0 Å². The molecule has 0 aliphatic carbocycles. The second kappa shape index (κ2) is 5.23. The zero-order chi connectivity index (χ0) is 14.1. The largest absolute Gasteiger partial charge is 0.348 e. The van der Waals surface area contributed by atoms with Gasteiger partial charge in [-0.1, -0.05) is 0 Å². The standard InChI is InChI=1S/C15H21N5/c1-10-11(2)18-15(19-12(10)3)20-8-4-5-13(9-20)14-16-6-7-17-14/h6-7,13H,4-5,8-9H2,1-3H3,(H,16,17). The molecule has 2 aromatic heterocycles. The zero-order valence-corrected chi connectivity index (χ0v) is 12.3. The predicted octanol–water partition coefficient (Wildman–Crippen LogP) is 2.51. The first-order valence-corrected chi connectivity index (χ1v) is 7.21. The van der Waals surface area contributed by atoms with E-state index in [9.17, 15) is 0 Å². The average Bonchev–Trinajstić information content (AvgIpc) is 2.98. The lowest BCUT2D eigenvalue weighted by Gasteiger charge is -2.32. The lowest BCUT2D eigenvalue weighted by atomic mass is 9.97. The van der Waals surface area contributed by atoms with Crippen molar-refractivity contribution >= 4 is 5.95 Å². The molecule has 0 saturated carbocycles. The van der Waals surface area contributed by atoms with Crippen molar-refractivity contribution in [1.82, 2.24) is 19.9 Å². The zero-order valence-electron chi connectivity index (χ0n) is 12.3.